The summed E-state index contributed by atoms with van der Waals surface area (Å²) in [5, 5.41) is 0. The van der Waals surface area contributed by atoms with Gasteiger partial charge in [0.05, 0.1) is 11.6 Å². The molecule has 1 saturated heterocycles. The van der Waals surface area contributed by atoms with Crippen molar-refractivity contribution < 1.29 is 9.18 Å². The molecular weight excluding hydrogens is 335 g/mol. The zero-order valence-electron chi connectivity index (χ0n) is 11.3. The molecule has 21 heavy (non-hydrogen) atoms. The molecule has 1 atom stereocenters. The number of benzene rings is 1. The van der Waals surface area contributed by atoms with Gasteiger partial charge in [-0.2, -0.15) is 0 Å². The number of carbonyl (C=O) groups excluding carboxylic acids is 1. The van der Waals surface area contributed by atoms with Crippen LogP contribution in [-0.4, -0.2) is 22.3 Å². The van der Waals surface area contributed by atoms with Crippen LogP contribution >= 0.6 is 15.9 Å². The minimum atomic E-state index is -0.358. The summed E-state index contributed by atoms with van der Waals surface area (Å²) in [4.78, 5) is 18.7. The Kier molecular flexibility index (Phi) is 4.01. The number of rotatable bonds is 2. The maximum Gasteiger partial charge on any atom is 0.255 e. The van der Waals surface area contributed by atoms with Gasteiger partial charge in [0.25, 0.3) is 5.91 Å². The second-order valence-corrected chi connectivity index (χ2v) is 5.92. The van der Waals surface area contributed by atoms with E-state index >= 15 is 0 Å². The summed E-state index contributed by atoms with van der Waals surface area (Å²) >= 11 is 3.27. The molecule has 108 valence electrons. The van der Waals surface area contributed by atoms with Crippen molar-refractivity contribution in [2.24, 2.45) is 0 Å². The maximum atomic E-state index is 13.2. The van der Waals surface area contributed by atoms with Gasteiger partial charge in [-0.05, 0) is 58.6 Å². The zero-order chi connectivity index (χ0) is 14.8. The van der Waals surface area contributed by atoms with Gasteiger partial charge >= 0.3 is 0 Å². The minimum Gasteiger partial charge on any atom is -0.332 e. The van der Waals surface area contributed by atoms with E-state index in [9.17, 15) is 9.18 Å². The van der Waals surface area contributed by atoms with E-state index in [0.717, 1.165) is 18.4 Å². The largest absolute Gasteiger partial charge is 0.332 e. The Morgan fingerprint density at radius 1 is 1.38 bits per heavy atom. The first kappa shape index (κ1) is 14.2. The summed E-state index contributed by atoms with van der Waals surface area (Å²) in [6.45, 7) is 0.711. The first-order valence-corrected chi connectivity index (χ1v) is 7.62. The van der Waals surface area contributed by atoms with Crippen molar-refractivity contribution in [3.8, 4) is 0 Å². The number of amides is 1. The van der Waals surface area contributed by atoms with E-state index in [-0.39, 0.29) is 17.8 Å². The highest BCUT2D eigenvalue weighted by Crippen LogP contribution is 2.33. The highest BCUT2D eigenvalue weighted by molar-refractivity contribution is 9.10. The quantitative estimate of drug-likeness (QED) is 0.822. The fraction of sp³-hybridized carbons (Fsp3) is 0.250. The highest BCUT2D eigenvalue weighted by atomic mass is 79.9. The maximum absolute atomic E-state index is 13.2. The number of hydrogen-bond acceptors (Lipinski definition) is 2. The van der Waals surface area contributed by atoms with E-state index in [1.54, 1.807) is 12.4 Å². The summed E-state index contributed by atoms with van der Waals surface area (Å²) < 4.78 is 13.7. The van der Waals surface area contributed by atoms with Gasteiger partial charge in [-0.15, -0.1) is 0 Å². The van der Waals surface area contributed by atoms with Crippen molar-refractivity contribution in [3.63, 3.8) is 0 Å². The Bertz CT molecular complexity index is 663. The van der Waals surface area contributed by atoms with Crippen molar-refractivity contribution >= 4 is 21.8 Å². The van der Waals surface area contributed by atoms with Crippen LogP contribution in [0.1, 0.15) is 34.8 Å². The van der Waals surface area contributed by atoms with Gasteiger partial charge in [0.1, 0.15) is 5.82 Å². The molecule has 0 saturated carbocycles. The molecule has 0 N–H and O–H groups in total. The lowest BCUT2D eigenvalue weighted by Crippen LogP contribution is -2.30. The lowest BCUT2D eigenvalue weighted by molar-refractivity contribution is 0.0734. The predicted molar refractivity (Wildman–Crippen MR) is 81.3 cm³/mol. The van der Waals surface area contributed by atoms with E-state index in [1.165, 1.54) is 18.2 Å². The van der Waals surface area contributed by atoms with Gasteiger partial charge in [-0.25, -0.2) is 4.39 Å². The molecule has 0 radical (unpaired) electrons. The molecule has 1 aliphatic heterocycles. The third kappa shape index (κ3) is 2.83. The van der Waals surface area contributed by atoms with E-state index in [2.05, 4.69) is 20.9 Å². The second kappa shape index (κ2) is 5.93. The monoisotopic (exact) mass is 348 g/mol. The van der Waals surface area contributed by atoms with Gasteiger partial charge in [-0.1, -0.05) is 6.07 Å². The van der Waals surface area contributed by atoms with Crippen molar-refractivity contribution in [3.05, 3.63) is 64.1 Å². The first-order valence-electron chi connectivity index (χ1n) is 6.83. The van der Waals surface area contributed by atoms with Gasteiger partial charge in [0.2, 0.25) is 0 Å². The van der Waals surface area contributed by atoms with Crippen LogP contribution in [0.4, 0.5) is 4.39 Å². The molecule has 0 spiro atoms. The number of nitrogens with zero attached hydrogens (tertiary/aromatic N) is 2. The molecule has 0 bridgehead atoms. The average Bonchev–Trinajstić information content (AvgIpc) is 2.97. The number of hydrogen-bond donors (Lipinski definition) is 0. The van der Waals surface area contributed by atoms with Gasteiger partial charge in [0, 0.05) is 23.4 Å². The van der Waals surface area contributed by atoms with Gasteiger partial charge in [-0.3, -0.25) is 9.78 Å². The van der Waals surface area contributed by atoms with Crippen LogP contribution in [0.3, 0.4) is 0 Å². The third-order valence-electron chi connectivity index (χ3n) is 3.74. The van der Waals surface area contributed by atoms with Gasteiger partial charge in [0.15, 0.2) is 0 Å². The molecule has 3 nitrogen and oxygen atoms in total. The van der Waals surface area contributed by atoms with E-state index in [4.69, 9.17) is 0 Å². The minimum absolute atomic E-state index is 0.0446. The Balaban J connectivity index is 1.90. The van der Waals surface area contributed by atoms with Crippen LogP contribution < -0.4 is 0 Å². The number of pyridine rings is 1. The number of aromatic nitrogens is 1. The first-order chi connectivity index (χ1) is 10.2. The standard InChI is InChI=1S/C16H14BrFN2O/c17-14-9-12(18)5-6-13(14)16(21)20-8-2-4-15(20)11-3-1-7-19-10-11/h1,3,5-7,9-10,15H,2,4,8H2. The SMILES string of the molecule is O=C(c1ccc(F)cc1Br)N1CCCC1c1cccnc1. The number of likely N-dealkylation sites (tertiary alicyclic amines) is 1. The average molecular weight is 349 g/mol. The molecule has 1 aliphatic rings. The Labute approximate surface area is 130 Å². The third-order valence-corrected chi connectivity index (χ3v) is 4.40. The summed E-state index contributed by atoms with van der Waals surface area (Å²) in [6, 6.07) is 8.08. The van der Waals surface area contributed by atoms with E-state index in [0.29, 0.717) is 16.6 Å². The molecule has 1 amide bonds. The second-order valence-electron chi connectivity index (χ2n) is 5.07. The van der Waals surface area contributed by atoms with Crippen LogP contribution in [0.25, 0.3) is 0 Å². The molecule has 0 aliphatic carbocycles. The number of halogens is 2. The molecule has 3 rings (SSSR count). The number of carbonyl (C=O) groups is 1. The van der Waals surface area contributed by atoms with E-state index < -0.39 is 0 Å². The topological polar surface area (TPSA) is 33.2 Å². The lowest BCUT2D eigenvalue weighted by atomic mass is 10.1. The molecule has 1 fully saturated rings. The van der Waals surface area contributed by atoms with Crippen molar-refractivity contribution in [2.45, 2.75) is 18.9 Å². The molecule has 2 heterocycles. The summed E-state index contributed by atoms with van der Waals surface area (Å²) in [5.41, 5.74) is 1.54. The van der Waals surface area contributed by atoms with Crippen LogP contribution in [0.15, 0.2) is 47.2 Å². The lowest BCUT2D eigenvalue weighted by Gasteiger charge is -2.25. The summed E-state index contributed by atoms with van der Waals surface area (Å²) in [6.07, 6.45) is 5.41. The molecule has 1 aromatic carbocycles. The van der Waals surface area contributed by atoms with Gasteiger partial charge < -0.3 is 4.90 Å². The molecule has 1 aromatic heterocycles. The van der Waals surface area contributed by atoms with Crippen molar-refractivity contribution in [2.75, 3.05) is 6.54 Å². The van der Waals surface area contributed by atoms with E-state index in [1.807, 2.05) is 17.0 Å². The van der Waals surface area contributed by atoms with Crippen LogP contribution in [0.5, 0.6) is 0 Å². The summed E-state index contributed by atoms with van der Waals surface area (Å²) in [5.74, 6) is -0.433. The molecule has 2 aromatic rings. The smallest absolute Gasteiger partial charge is 0.255 e. The Morgan fingerprint density at radius 2 is 2.24 bits per heavy atom. The fourth-order valence-corrected chi connectivity index (χ4v) is 3.27. The van der Waals surface area contributed by atoms with Crippen molar-refractivity contribution in [1.29, 1.82) is 0 Å². The van der Waals surface area contributed by atoms with Crippen LogP contribution in [0, 0.1) is 5.82 Å². The molecule has 5 heteroatoms. The molecular formula is C16H14BrFN2O. The molecule has 1 unspecified atom stereocenters. The zero-order valence-corrected chi connectivity index (χ0v) is 12.9. The van der Waals surface area contributed by atoms with Crippen LogP contribution in [0.2, 0.25) is 0 Å². The normalized spacial score (nSPS) is 18.0. The Hall–Kier alpha value is -1.75. The summed E-state index contributed by atoms with van der Waals surface area (Å²) in [7, 11) is 0. The van der Waals surface area contributed by atoms with Crippen molar-refractivity contribution in [1.82, 2.24) is 9.88 Å². The van der Waals surface area contributed by atoms with Crippen LogP contribution in [-0.2, 0) is 0 Å². The highest BCUT2D eigenvalue weighted by Gasteiger charge is 2.31. The Morgan fingerprint density at radius 3 is 2.95 bits per heavy atom. The predicted octanol–water partition coefficient (Wildman–Crippen LogP) is 3.96. The fourth-order valence-electron chi connectivity index (χ4n) is 2.75.